The van der Waals surface area contributed by atoms with E-state index in [9.17, 15) is 18.0 Å². The molecule has 32 heavy (non-hydrogen) atoms. The largest absolute Gasteiger partial charge is 0.491 e. The molecule has 0 N–H and O–H groups in total. The number of alkyl halides is 3. The second-order valence-electron chi connectivity index (χ2n) is 7.80. The lowest BCUT2D eigenvalue weighted by atomic mass is 9.92. The Balaban J connectivity index is 2.04. The molecule has 0 radical (unpaired) electrons. The van der Waals surface area contributed by atoms with Gasteiger partial charge in [0, 0.05) is 19.3 Å². The third kappa shape index (κ3) is 6.17. The van der Waals surface area contributed by atoms with Crippen LogP contribution in [0.2, 0.25) is 5.02 Å². The molecule has 3 rings (SSSR count). The molecule has 0 amide bonds. The molecule has 0 bridgehead atoms. The Labute approximate surface area is 190 Å². The summed E-state index contributed by atoms with van der Waals surface area (Å²) in [7, 11) is 1.54. The van der Waals surface area contributed by atoms with Gasteiger partial charge in [-0.25, -0.2) is 0 Å². The number of ether oxygens (including phenoxy) is 3. The molecule has 1 atom stereocenters. The van der Waals surface area contributed by atoms with Crippen molar-refractivity contribution in [2.75, 3.05) is 26.9 Å². The van der Waals surface area contributed by atoms with Crippen molar-refractivity contribution in [1.82, 2.24) is 0 Å². The molecular formula is C24H26ClF3O4. The van der Waals surface area contributed by atoms with Crippen LogP contribution in [0.3, 0.4) is 0 Å². The zero-order chi connectivity index (χ0) is 23.3. The summed E-state index contributed by atoms with van der Waals surface area (Å²) in [6.45, 7) is 2.76. The summed E-state index contributed by atoms with van der Waals surface area (Å²) in [5, 5.41) is 0.296. The maximum Gasteiger partial charge on any atom is 0.416 e. The molecule has 4 nitrogen and oxygen atoms in total. The van der Waals surface area contributed by atoms with Crippen LogP contribution in [0, 0.1) is 5.92 Å². The van der Waals surface area contributed by atoms with Crippen LogP contribution in [0.5, 0.6) is 5.75 Å². The minimum atomic E-state index is -4.43. The van der Waals surface area contributed by atoms with Crippen molar-refractivity contribution in [1.29, 1.82) is 0 Å². The zero-order valence-electron chi connectivity index (χ0n) is 18.0. The molecule has 0 heterocycles. The van der Waals surface area contributed by atoms with E-state index >= 15 is 0 Å². The van der Waals surface area contributed by atoms with Gasteiger partial charge in [0.1, 0.15) is 5.75 Å². The molecule has 1 fully saturated rings. The number of rotatable bonds is 10. The molecule has 1 saturated carbocycles. The van der Waals surface area contributed by atoms with Gasteiger partial charge in [-0.15, -0.1) is 0 Å². The number of hydrogen-bond donors (Lipinski definition) is 0. The van der Waals surface area contributed by atoms with Crippen molar-refractivity contribution < 1.29 is 32.2 Å². The van der Waals surface area contributed by atoms with Crippen molar-refractivity contribution in [2.45, 2.75) is 38.3 Å². The van der Waals surface area contributed by atoms with Gasteiger partial charge in [0.2, 0.25) is 0 Å². The van der Waals surface area contributed by atoms with Crippen LogP contribution in [0.1, 0.15) is 43.2 Å². The van der Waals surface area contributed by atoms with Crippen LogP contribution >= 0.6 is 11.6 Å². The molecule has 0 spiro atoms. The Morgan fingerprint density at radius 2 is 1.88 bits per heavy atom. The topological polar surface area (TPSA) is 44.8 Å². The molecule has 2 aromatic rings. The Morgan fingerprint density at radius 1 is 1.19 bits per heavy atom. The molecule has 1 unspecified atom stereocenters. The quantitative estimate of drug-likeness (QED) is 0.372. The van der Waals surface area contributed by atoms with E-state index in [1.54, 1.807) is 19.1 Å². The standard InChI is InChI=1S/C24H26ClF3O4/c1-3-31-23(29)19(10-11-30-2)17-12-20(16-6-8-18(9-7-16)24(26,27)28)22(21(25)13-17)32-14-15-4-5-15/h6-9,12-13,15,19H,3-5,10-11,14H2,1-2H3. The number of halogens is 4. The first-order valence-electron chi connectivity index (χ1n) is 10.5. The fourth-order valence-corrected chi connectivity index (χ4v) is 3.68. The Morgan fingerprint density at radius 3 is 2.44 bits per heavy atom. The van der Waals surface area contributed by atoms with Crippen LogP contribution in [-0.4, -0.2) is 32.9 Å². The first-order valence-corrected chi connectivity index (χ1v) is 10.9. The SMILES string of the molecule is CCOC(=O)C(CCOC)c1cc(Cl)c(OCC2CC2)c(-c2ccc(C(F)(F)F)cc2)c1. The monoisotopic (exact) mass is 470 g/mol. The second-order valence-corrected chi connectivity index (χ2v) is 8.20. The van der Waals surface area contributed by atoms with Gasteiger partial charge in [-0.1, -0.05) is 23.7 Å². The number of methoxy groups -OCH3 is 1. The van der Waals surface area contributed by atoms with Crippen LogP contribution in [-0.2, 0) is 20.4 Å². The highest BCUT2D eigenvalue weighted by atomic mass is 35.5. The first-order chi connectivity index (χ1) is 15.2. The number of carbonyl (C=O) groups excluding carboxylic acids is 1. The van der Waals surface area contributed by atoms with Crippen LogP contribution in [0.15, 0.2) is 36.4 Å². The van der Waals surface area contributed by atoms with Gasteiger partial charge in [-0.2, -0.15) is 13.2 Å². The lowest BCUT2D eigenvalue weighted by Crippen LogP contribution is -2.18. The van der Waals surface area contributed by atoms with Crippen LogP contribution < -0.4 is 4.74 Å². The summed E-state index contributed by atoms with van der Waals surface area (Å²) in [6.07, 6.45) is -1.90. The highest BCUT2D eigenvalue weighted by Crippen LogP contribution is 2.42. The van der Waals surface area contributed by atoms with Crippen LogP contribution in [0.4, 0.5) is 13.2 Å². The summed E-state index contributed by atoms with van der Waals surface area (Å²) >= 11 is 6.56. The van der Waals surface area contributed by atoms with E-state index < -0.39 is 23.6 Å². The number of benzene rings is 2. The fourth-order valence-electron chi connectivity index (χ4n) is 3.40. The van der Waals surface area contributed by atoms with Gasteiger partial charge in [-0.3, -0.25) is 4.79 Å². The average molecular weight is 471 g/mol. The smallest absolute Gasteiger partial charge is 0.416 e. The van der Waals surface area contributed by atoms with Crippen molar-refractivity contribution >= 4 is 17.6 Å². The molecule has 1 aliphatic rings. The normalized spacial score (nSPS) is 14.8. The van der Waals surface area contributed by atoms with E-state index in [1.807, 2.05) is 0 Å². The van der Waals surface area contributed by atoms with Crippen molar-refractivity contribution in [3.05, 3.63) is 52.5 Å². The molecule has 0 aliphatic heterocycles. The van der Waals surface area contributed by atoms with Crippen molar-refractivity contribution in [3.63, 3.8) is 0 Å². The van der Waals surface area contributed by atoms with Gasteiger partial charge in [0.25, 0.3) is 0 Å². The van der Waals surface area contributed by atoms with E-state index in [2.05, 4.69) is 0 Å². The first kappa shape index (κ1) is 24.4. The van der Waals surface area contributed by atoms with E-state index in [-0.39, 0.29) is 6.61 Å². The highest BCUT2D eigenvalue weighted by molar-refractivity contribution is 6.32. The molecule has 174 valence electrons. The minimum absolute atomic E-state index is 0.227. The van der Waals surface area contributed by atoms with Crippen molar-refractivity contribution in [3.8, 4) is 16.9 Å². The lowest BCUT2D eigenvalue weighted by molar-refractivity contribution is -0.145. The third-order valence-corrected chi connectivity index (χ3v) is 5.61. The van der Waals surface area contributed by atoms with Crippen LogP contribution in [0.25, 0.3) is 11.1 Å². The maximum absolute atomic E-state index is 13.0. The van der Waals surface area contributed by atoms with Gasteiger partial charge in [-0.05, 0) is 67.5 Å². The molecule has 2 aromatic carbocycles. The average Bonchev–Trinajstić information content (AvgIpc) is 3.57. The Bertz CT molecular complexity index is 924. The van der Waals surface area contributed by atoms with Crippen molar-refractivity contribution in [2.24, 2.45) is 5.92 Å². The van der Waals surface area contributed by atoms with Gasteiger partial charge in [0.15, 0.2) is 0 Å². The summed E-state index contributed by atoms with van der Waals surface area (Å²) in [4.78, 5) is 12.6. The summed E-state index contributed by atoms with van der Waals surface area (Å²) in [6, 6.07) is 8.22. The number of carbonyl (C=O) groups is 1. The number of esters is 1. The fraction of sp³-hybridized carbons (Fsp3) is 0.458. The molecular weight excluding hydrogens is 445 g/mol. The minimum Gasteiger partial charge on any atom is -0.491 e. The Kier molecular flexibility index (Phi) is 8.06. The van der Waals surface area contributed by atoms with E-state index in [0.717, 1.165) is 25.0 Å². The van der Waals surface area contributed by atoms with Gasteiger partial charge in [0.05, 0.1) is 29.7 Å². The van der Waals surface area contributed by atoms with E-state index in [1.165, 1.54) is 19.2 Å². The molecule has 0 saturated heterocycles. The predicted molar refractivity (Wildman–Crippen MR) is 116 cm³/mol. The third-order valence-electron chi connectivity index (χ3n) is 5.33. The summed E-state index contributed by atoms with van der Waals surface area (Å²) < 4.78 is 55.4. The molecule has 1 aliphatic carbocycles. The second kappa shape index (κ2) is 10.6. The molecule has 0 aromatic heterocycles. The van der Waals surface area contributed by atoms with E-state index in [4.69, 9.17) is 25.8 Å². The zero-order valence-corrected chi connectivity index (χ0v) is 18.8. The number of hydrogen-bond acceptors (Lipinski definition) is 4. The predicted octanol–water partition coefficient (Wildman–Crippen LogP) is 6.50. The highest BCUT2D eigenvalue weighted by Gasteiger charge is 2.31. The summed E-state index contributed by atoms with van der Waals surface area (Å²) in [5.74, 6) is -0.180. The van der Waals surface area contributed by atoms with E-state index in [0.29, 0.717) is 53.0 Å². The maximum atomic E-state index is 13.0. The van der Waals surface area contributed by atoms with Gasteiger partial charge >= 0.3 is 12.1 Å². The lowest BCUT2D eigenvalue weighted by Gasteiger charge is -2.20. The van der Waals surface area contributed by atoms with Gasteiger partial charge < -0.3 is 14.2 Å². The Hall–Kier alpha value is -2.25. The molecule has 8 heteroatoms. The summed E-state index contributed by atoms with van der Waals surface area (Å²) in [5.41, 5.74) is 0.906.